The Kier molecular flexibility index (Phi) is 7.40. The summed E-state index contributed by atoms with van der Waals surface area (Å²) in [4.78, 5) is 0.144. The van der Waals surface area contributed by atoms with Crippen molar-refractivity contribution in [3.05, 3.63) is 16.6 Å². The molecule has 1 fully saturated rings. The van der Waals surface area contributed by atoms with E-state index in [4.69, 9.17) is 9.47 Å². The van der Waals surface area contributed by atoms with Crippen molar-refractivity contribution in [2.24, 2.45) is 0 Å². The molecule has 1 aliphatic heterocycles. The van der Waals surface area contributed by atoms with Gasteiger partial charge in [0.1, 0.15) is 4.90 Å². The van der Waals surface area contributed by atoms with E-state index in [9.17, 15) is 8.42 Å². The Morgan fingerprint density at radius 3 is 2.45 bits per heavy atom. The van der Waals surface area contributed by atoms with Crippen LogP contribution in [-0.2, 0) is 10.0 Å². The van der Waals surface area contributed by atoms with Gasteiger partial charge in [0.25, 0.3) is 0 Å². The van der Waals surface area contributed by atoms with Crippen LogP contribution in [0.5, 0.6) is 11.5 Å². The van der Waals surface area contributed by atoms with E-state index in [1.54, 1.807) is 6.07 Å². The Morgan fingerprint density at radius 2 is 1.91 bits per heavy atom. The summed E-state index contributed by atoms with van der Waals surface area (Å²) >= 11 is 3.28. The number of benzene rings is 1. The summed E-state index contributed by atoms with van der Waals surface area (Å²) in [5.74, 6) is 0.852. The van der Waals surface area contributed by atoms with Crippen molar-refractivity contribution in [3.8, 4) is 11.5 Å². The second-order valence-electron chi connectivity index (χ2n) is 4.80. The highest BCUT2D eigenvalue weighted by Gasteiger charge is 2.25. The molecule has 0 saturated carbocycles. The van der Waals surface area contributed by atoms with Gasteiger partial charge >= 0.3 is 0 Å². The summed E-state index contributed by atoms with van der Waals surface area (Å²) in [5.41, 5.74) is 0. The summed E-state index contributed by atoms with van der Waals surface area (Å²) in [6.07, 6.45) is 1.79. The molecule has 1 aromatic carbocycles. The molecule has 0 bridgehead atoms. The summed E-state index contributed by atoms with van der Waals surface area (Å²) in [5, 5.41) is 3.18. The third-order valence-electron chi connectivity index (χ3n) is 3.35. The molecule has 22 heavy (non-hydrogen) atoms. The van der Waals surface area contributed by atoms with Crippen molar-refractivity contribution in [2.45, 2.75) is 23.8 Å². The molecule has 126 valence electrons. The first-order chi connectivity index (χ1) is 9.97. The van der Waals surface area contributed by atoms with E-state index in [1.807, 2.05) is 0 Å². The average Bonchev–Trinajstić information content (AvgIpc) is 2.47. The minimum absolute atomic E-state index is 0. The predicted octanol–water partition coefficient (Wildman–Crippen LogP) is 1.92. The van der Waals surface area contributed by atoms with Crippen molar-refractivity contribution in [2.75, 3.05) is 27.3 Å². The number of hydrogen-bond donors (Lipinski definition) is 2. The smallest absolute Gasteiger partial charge is 0.242 e. The van der Waals surface area contributed by atoms with E-state index in [0.29, 0.717) is 22.5 Å². The van der Waals surface area contributed by atoms with Gasteiger partial charge in [0.2, 0.25) is 10.0 Å². The molecule has 1 heterocycles. The Balaban J connectivity index is 0.00000242. The van der Waals surface area contributed by atoms with Crippen LogP contribution in [0.2, 0.25) is 0 Å². The fraction of sp³-hybridized carbons (Fsp3) is 0.538. The molecule has 1 aromatic rings. The van der Waals surface area contributed by atoms with Crippen LogP contribution in [0, 0.1) is 0 Å². The van der Waals surface area contributed by atoms with Gasteiger partial charge in [-0.25, -0.2) is 13.1 Å². The molecular weight excluding hydrogens is 396 g/mol. The van der Waals surface area contributed by atoms with Gasteiger partial charge in [-0.2, -0.15) is 0 Å². The Hall–Kier alpha value is -0.540. The van der Waals surface area contributed by atoms with Crippen molar-refractivity contribution in [3.63, 3.8) is 0 Å². The van der Waals surface area contributed by atoms with Gasteiger partial charge in [0.15, 0.2) is 11.5 Å². The third kappa shape index (κ3) is 4.48. The number of ether oxygens (including phenoxy) is 2. The Labute approximate surface area is 145 Å². The molecule has 0 spiro atoms. The van der Waals surface area contributed by atoms with Gasteiger partial charge in [-0.05, 0) is 41.4 Å². The van der Waals surface area contributed by atoms with Crippen molar-refractivity contribution >= 4 is 38.4 Å². The molecular formula is C13H20BrClN2O4S. The molecule has 1 atom stereocenters. The third-order valence-corrected chi connectivity index (χ3v) is 5.83. The van der Waals surface area contributed by atoms with Gasteiger partial charge in [0.05, 0.1) is 14.2 Å². The lowest BCUT2D eigenvalue weighted by Crippen LogP contribution is -2.45. The summed E-state index contributed by atoms with van der Waals surface area (Å²) in [6.45, 7) is 1.57. The van der Waals surface area contributed by atoms with Crippen LogP contribution in [0.1, 0.15) is 12.8 Å². The van der Waals surface area contributed by atoms with Crippen LogP contribution in [0.15, 0.2) is 21.5 Å². The fourth-order valence-electron chi connectivity index (χ4n) is 2.28. The molecule has 2 N–H and O–H groups in total. The minimum atomic E-state index is -3.62. The second kappa shape index (κ2) is 8.35. The van der Waals surface area contributed by atoms with E-state index in [0.717, 1.165) is 19.4 Å². The Morgan fingerprint density at radius 1 is 1.27 bits per heavy atom. The van der Waals surface area contributed by atoms with Crippen LogP contribution in [0.25, 0.3) is 0 Å². The second-order valence-corrected chi connectivity index (χ2v) is 7.34. The lowest BCUT2D eigenvalue weighted by atomic mass is 10.1. The van der Waals surface area contributed by atoms with Gasteiger partial charge in [-0.1, -0.05) is 0 Å². The fourth-order valence-corrected chi connectivity index (χ4v) is 4.58. The first-order valence-electron chi connectivity index (χ1n) is 6.62. The van der Waals surface area contributed by atoms with E-state index in [1.165, 1.54) is 20.3 Å². The predicted molar refractivity (Wildman–Crippen MR) is 90.7 cm³/mol. The molecule has 1 saturated heterocycles. The van der Waals surface area contributed by atoms with Gasteiger partial charge < -0.3 is 14.8 Å². The summed E-state index contributed by atoms with van der Waals surface area (Å²) in [6, 6.07) is 2.96. The van der Waals surface area contributed by atoms with Crippen LogP contribution in [-0.4, -0.2) is 41.8 Å². The number of halogens is 2. The highest BCUT2D eigenvalue weighted by molar-refractivity contribution is 9.10. The topological polar surface area (TPSA) is 76.7 Å². The van der Waals surface area contributed by atoms with E-state index in [2.05, 4.69) is 26.0 Å². The monoisotopic (exact) mass is 414 g/mol. The SMILES string of the molecule is COc1cc(Br)c(S(=O)(=O)N[C@H]2CCCNC2)cc1OC.Cl. The molecule has 0 radical (unpaired) electrons. The first kappa shape index (κ1) is 19.5. The lowest BCUT2D eigenvalue weighted by Gasteiger charge is -2.24. The van der Waals surface area contributed by atoms with Crippen LogP contribution in [0.4, 0.5) is 0 Å². The molecule has 1 aliphatic rings. The number of hydrogen-bond acceptors (Lipinski definition) is 5. The van der Waals surface area contributed by atoms with E-state index < -0.39 is 10.0 Å². The minimum Gasteiger partial charge on any atom is -0.493 e. The first-order valence-corrected chi connectivity index (χ1v) is 8.90. The van der Waals surface area contributed by atoms with Crippen LogP contribution >= 0.6 is 28.3 Å². The maximum absolute atomic E-state index is 12.5. The Bertz CT molecular complexity index is 606. The number of nitrogens with one attached hydrogen (secondary N) is 2. The number of piperidine rings is 1. The molecule has 0 aromatic heterocycles. The lowest BCUT2D eigenvalue weighted by molar-refractivity contribution is 0.353. The molecule has 9 heteroatoms. The zero-order valence-corrected chi connectivity index (χ0v) is 15.6. The van der Waals surface area contributed by atoms with E-state index >= 15 is 0 Å². The van der Waals surface area contributed by atoms with Crippen LogP contribution in [0.3, 0.4) is 0 Å². The maximum atomic E-state index is 12.5. The molecule has 0 amide bonds. The van der Waals surface area contributed by atoms with Crippen molar-refractivity contribution in [1.82, 2.24) is 10.0 Å². The normalized spacial score (nSPS) is 18.4. The van der Waals surface area contributed by atoms with Gasteiger partial charge in [-0.15, -0.1) is 12.4 Å². The zero-order valence-electron chi connectivity index (χ0n) is 12.4. The van der Waals surface area contributed by atoms with Crippen molar-refractivity contribution < 1.29 is 17.9 Å². The van der Waals surface area contributed by atoms with Crippen molar-refractivity contribution in [1.29, 1.82) is 0 Å². The highest BCUT2D eigenvalue weighted by Crippen LogP contribution is 2.35. The summed E-state index contributed by atoms with van der Waals surface area (Å²) in [7, 11) is -0.643. The van der Waals surface area contributed by atoms with Gasteiger partial charge in [-0.3, -0.25) is 0 Å². The maximum Gasteiger partial charge on any atom is 0.242 e. The molecule has 6 nitrogen and oxygen atoms in total. The number of sulfonamides is 1. The van der Waals surface area contributed by atoms with Gasteiger partial charge in [0, 0.05) is 23.1 Å². The number of methoxy groups -OCH3 is 2. The molecule has 2 rings (SSSR count). The van der Waals surface area contributed by atoms with E-state index in [-0.39, 0.29) is 23.3 Å². The quantitative estimate of drug-likeness (QED) is 0.768. The zero-order chi connectivity index (χ0) is 15.5. The molecule has 0 unspecified atom stereocenters. The summed E-state index contributed by atoms with van der Waals surface area (Å²) < 4.78 is 38.5. The number of rotatable bonds is 5. The highest BCUT2D eigenvalue weighted by atomic mass is 79.9. The largest absolute Gasteiger partial charge is 0.493 e. The molecule has 0 aliphatic carbocycles. The standard InChI is InChI=1S/C13H19BrN2O4S.ClH/c1-19-11-6-10(14)13(7-12(11)20-2)21(17,18)16-9-4-3-5-15-8-9;/h6-7,9,15-16H,3-5,8H2,1-2H3;1H/t9-;/m0./s1. The van der Waals surface area contributed by atoms with Crippen LogP contribution < -0.4 is 19.5 Å². The average molecular weight is 416 g/mol.